The highest BCUT2D eigenvalue weighted by atomic mass is 19.1. The van der Waals surface area contributed by atoms with Crippen LogP contribution in [-0.4, -0.2) is 51.5 Å². The van der Waals surface area contributed by atoms with Crippen molar-refractivity contribution in [3.05, 3.63) is 96.0 Å². The Labute approximate surface area is 196 Å². The van der Waals surface area contributed by atoms with Gasteiger partial charge in [-0.1, -0.05) is 18.2 Å². The van der Waals surface area contributed by atoms with Gasteiger partial charge in [0.1, 0.15) is 18.2 Å². The molecule has 7 nitrogen and oxygen atoms in total. The molecular formula is C26H25FN4O3. The van der Waals surface area contributed by atoms with Crippen LogP contribution in [0.5, 0.6) is 5.75 Å². The lowest BCUT2D eigenvalue weighted by atomic mass is 10.0. The van der Waals surface area contributed by atoms with Crippen LogP contribution < -0.4 is 4.74 Å². The number of halogens is 1. The molecule has 0 N–H and O–H groups in total. The number of aromatic nitrogens is 3. The van der Waals surface area contributed by atoms with Crippen LogP contribution in [-0.2, 0) is 17.8 Å². The van der Waals surface area contributed by atoms with Crippen molar-refractivity contribution in [1.82, 2.24) is 19.3 Å². The van der Waals surface area contributed by atoms with Gasteiger partial charge < -0.3 is 18.8 Å². The Morgan fingerprint density at radius 3 is 2.94 bits per heavy atom. The van der Waals surface area contributed by atoms with E-state index < -0.39 is 0 Å². The van der Waals surface area contributed by atoms with Gasteiger partial charge in [-0.05, 0) is 42.3 Å². The van der Waals surface area contributed by atoms with Crippen LogP contribution in [0.1, 0.15) is 21.6 Å². The fraction of sp³-hybridized carbons (Fsp3) is 0.269. The number of rotatable bonds is 6. The summed E-state index contributed by atoms with van der Waals surface area (Å²) >= 11 is 0. The SMILES string of the molecule is O=C(c1cccc(OCc2ccc(F)cc2)c1)N1CCOC[C@H](Cc2cn3ccnc3cn2)C1. The highest BCUT2D eigenvalue weighted by Crippen LogP contribution is 2.20. The smallest absolute Gasteiger partial charge is 0.254 e. The number of imidazole rings is 1. The molecule has 34 heavy (non-hydrogen) atoms. The van der Waals surface area contributed by atoms with Crippen molar-refractivity contribution in [3.8, 4) is 5.75 Å². The molecule has 0 bridgehead atoms. The summed E-state index contributed by atoms with van der Waals surface area (Å²) in [5, 5.41) is 0. The van der Waals surface area contributed by atoms with Gasteiger partial charge in [-0.15, -0.1) is 0 Å². The van der Waals surface area contributed by atoms with E-state index in [0.29, 0.717) is 50.6 Å². The summed E-state index contributed by atoms with van der Waals surface area (Å²) in [5.74, 6) is 0.392. The molecule has 1 atom stereocenters. The minimum atomic E-state index is -0.283. The summed E-state index contributed by atoms with van der Waals surface area (Å²) in [5.41, 5.74) is 3.16. The fourth-order valence-corrected chi connectivity index (χ4v) is 4.11. The molecule has 1 aliphatic rings. The van der Waals surface area contributed by atoms with Crippen LogP contribution in [0.2, 0.25) is 0 Å². The lowest BCUT2D eigenvalue weighted by Crippen LogP contribution is -2.36. The van der Waals surface area contributed by atoms with E-state index >= 15 is 0 Å². The molecule has 0 aliphatic carbocycles. The molecule has 174 valence electrons. The standard InChI is InChI=1S/C26H25FN4O3/c27-22-6-4-19(5-7-22)18-34-24-3-1-2-21(13-24)26(32)31-10-11-33-17-20(15-31)12-23-16-30-9-8-28-25(30)14-29-23/h1-9,13-14,16,20H,10-12,15,17-18H2/t20-/m1/s1. The maximum atomic E-state index is 13.3. The summed E-state index contributed by atoms with van der Waals surface area (Å²) < 4.78 is 26.7. The van der Waals surface area contributed by atoms with Gasteiger partial charge in [-0.3, -0.25) is 9.78 Å². The van der Waals surface area contributed by atoms with Crippen LogP contribution in [0.15, 0.2) is 73.3 Å². The van der Waals surface area contributed by atoms with Crippen LogP contribution in [0.3, 0.4) is 0 Å². The molecule has 3 heterocycles. The van der Waals surface area contributed by atoms with Crippen LogP contribution in [0, 0.1) is 11.7 Å². The number of ether oxygens (including phenoxy) is 2. The van der Waals surface area contributed by atoms with E-state index in [1.807, 2.05) is 33.8 Å². The average Bonchev–Trinajstić information content (AvgIpc) is 3.20. The van der Waals surface area contributed by atoms with Gasteiger partial charge in [0.2, 0.25) is 0 Å². The lowest BCUT2D eigenvalue weighted by Gasteiger charge is -2.24. The predicted molar refractivity (Wildman–Crippen MR) is 124 cm³/mol. The third-order valence-corrected chi connectivity index (χ3v) is 5.86. The van der Waals surface area contributed by atoms with Gasteiger partial charge in [0.05, 0.1) is 25.1 Å². The minimum Gasteiger partial charge on any atom is -0.489 e. The topological polar surface area (TPSA) is 69.0 Å². The highest BCUT2D eigenvalue weighted by Gasteiger charge is 2.24. The molecule has 0 unspecified atom stereocenters. The second kappa shape index (κ2) is 10.0. The molecule has 2 aromatic heterocycles. The summed E-state index contributed by atoms with van der Waals surface area (Å²) in [6.45, 7) is 2.49. The normalized spacial score (nSPS) is 16.4. The maximum Gasteiger partial charge on any atom is 0.254 e. The number of carbonyl (C=O) groups is 1. The Balaban J connectivity index is 1.24. The Bertz CT molecular complexity index is 1270. The minimum absolute atomic E-state index is 0.0549. The predicted octanol–water partition coefficient (Wildman–Crippen LogP) is 3.78. The molecule has 4 aromatic rings. The maximum absolute atomic E-state index is 13.3. The number of fused-ring (bicyclic) bond motifs is 1. The van der Waals surface area contributed by atoms with Gasteiger partial charge in [-0.25, -0.2) is 9.37 Å². The van der Waals surface area contributed by atoms with E-state index in [9.17, 15) is 9.18 Å². The van der Waals surface area contributed by atoms with Crippen molar-refractivity contribution in [2.45, 2.75) is 13.0 Å². The quantitative estimate of drug-likeness (QED) is 0.438. The van der Waals surface area contributed by atoms with Crippen molar-refractivity contribution in [3.63, 3.8) is 0 Å². The fourth-order valence-electron chi connectivity index (χ4n) is 4.11. The first-order chi connectivity index (χ1) is 16.6. The average molecular weight is 461 g/mol. The molecule has 0 saturated carbocycles. The van der Waals surface area contributed by atoms with Crippen LogP contribution >= 0.6 is 0 Å². The molecule has 5 rings (SSSR count). The monoisotopic (exact) mass is 460 g/mol. The number of hydrogen-bond acceptors (Lipinski definition) is 5. The molecule has 0 radical (unpaired) electrons. The zero-order chi connectivity index (χ0) is 23.3. The van der Waals surface area contributed by atoms with Gasteiger partial charge in [-0.2, -0.15) is 0 Å². The zero-order valence-electron chi connectivity index (χ0n) is 18.6. The third kappa shape index (κ3) is 5.23. The first-order valence-corrected chi connectivity index (χ1v) is 11.3. The number of hydrogen-bond donors (Lipinski definition) is 0. The first kappa shape index (κ1) is 22.0. The highest BCUT2D eigenvalue weighted by molar-refractivity contribution is 5.94. The summed E-state index contributed by atoms with van der Waals surface area (Å²) in [7, 11) is 0. The number of benzene rings is 2. The van der Waals surface area contributed by atoms with E-state index in [-0.39, 0.29) is 17.6 Å². The van der Waals surface area contributed by atoms with Crippen LogP contribution in [0.25, 0.3) is 5.65 Å². The van der Waals surface area contributed by atoms with Gasteiger partial charge >= 0.3 is 0 Å². The van der Waals surface area contributed by atoms with E-state index in [1.165, 1.54) is 12.1 Å². The zero-order valence-corrected chi connectivity index (χ0v) is 18.6. The second-order valence-electron chi connectivity index (χ2n) is 8.41. The Kier molecular flexibility index (Phi) is 6.49. The van der Waals surface area contributed by atoms with Crippen molar-refractivity contribution in [2.24, 2.45) is 5.92 Å². The van der Waals surface area contributed by atoms with E-state index in [0.717, 1.165) is 16.9 Å². The Morgan fingerprint density at radius 1 is 1.18 bits per heavy atom. The van der Waals surface area contributed by atoms with Crippen molar-refractivity contribution < 1.29 is 18.7 Å². The second-order valence-corrected chi connectivity index (χ2v) is 8.41. The largest absolute Gasteiger partial charge is 0.489 e. The Morgan fingerprint density at radius 2 is 2.06 bits per heavy atom. The van der Waals surface area contributed by atoms with Crippen molar-refractivity contribution in [2.75, 3.05) is 26.3 Å². The van der Waals surface area contributed by atoms with E-state index in [2.05, 4.69) is 9.97 Å². The van der Waals surface area contributed by atoms with Crippen molar-refractivity contribution in [1.29, 1.82) is 0 Å². The molecule has 1 saturated heterocycles. The van der Waals surface area contributed by atoms with Crippen molar-refractivity contribution >= 4 is 11.6 Å². The molecule has 1 fully saturated rings. The summed E-state index contributed by atoms with van der Waals surface area (Å²) in [4.78, 5) is 23.9. The molecule has 1 aliphatic heterocycles. The van der Waals surface area contributed by atoms with Gasteiger partial charge in [0.25, 0.3) is 5.91 Å². The number of carbonyl (C=O) groups excluding carboxylic acids is 1. The lowest BCUT2D eigenvalue weighted by molar-refractivity contribution is 0.0736. The molecule has 1 amide bonds. The first-order valence-electron chi connectivity index (χ1n) is 11.3. The third-order valence-electron chi connectivity index (χ3n) is 5.86. The van der Waals surface area contributed by atoms with E-state index in [1.54, 1.807) is 36.7 Å². The van der Waals surface area contributed by atoms with Gasteiger partial charge in [0.15, 0.2) is 5.65 Å². The summed E-state index contributed by atoms with van der Waals surface area (Å²) in [6, 6.07) is 13.3. The van der Waals surface area contributed by atoms with E-state index in [4.69, 9.17) is 9.47 Å². The number of amides is 1. The molecular weight excluding hydrogens is 435 g/mol. The molecule has 2 aromatic carbocycles. The summed E-state index contributed by atoms with van der Waals surface area (Å²) in [6.07, 6.45) is 8.08. The molecule has 8 heteroatoms. The van der Waals surface area contributed by atoms with Crippen LogP contribution in [0.4, 0.5) is 4.39 Å². The van der Waals surface area contributed by atoms with Gasteiger partial charge in [0, 0.05) is 43.2 Å². The molecule has 0 spiro atoms. The Hall–Kier alpha value is -3.78. The number of nitrogens with zero attached hydrogens (tertiary/aromatic N) is 4.